The molecule has 0 saturated carbocycles. The van der Waals surface area contributed by atoms with Gasteiger partial charge in [-0.05, 0) is 24.0 Å². The Morgan fingerprint density at radius 1 is 1.03 bits per heavy atom. The Hall–Kier alpha value is -2.72. The van der Waals surface area contributed by atoms with Crippen LogP contribution in [0.2, 0.25) is 0 Å². The number of amides is 3. The Morgan fingerprint density at radius 2 is 1.69 bits per heavy atom. The van der Waals surface area contributed by atoms with Crippen molar-refractivity contribution < 1.29 is 28.3 Å². The van der Waals surface area contributed by atoms with Crippen LogP contribution >= 0.6 is 0 Å². The number of morpholine rings is 1. The van der Waals surface area contributed by atoms with Crippen LogP contribution in [-0.2, 0) is 25.7 Å². The molecular weight excluding hydrogens is 419 g/mol. The Balaban J connectivity index is 1.13. The van der Waals surface area contributed by atoms with Crippen LogP contribution in [0.15, 0.2) is 18.2 Å². The van der Waals surface area contributed by atoms with E-state index in [-0.39, 0.29) is 30.5 Å². The molecule has 10 heteroatoms. The maximum Gasteiger partial charge on any atom is 0.434 e. The number of nitrogens with zero attached hydrogens (tertiary/aromatic N) is 4. The average Bonchev–Trinajstić information content (AvgIpc) is 3.45. The molecule has 0 N–H and O–H groups in total. The molecule has 4 heterocycles. The molecule has 0 radical (unpaired) electrons. The molecule has 0 spiro atoms. The van der Waals surface area contributed by atoms with E-state index < -0.39 is 17.9 Å². The van der Waals surface area contributed by atoms with Crippen molar-refractivity contribution in [1.82, 2.24) is 14.9 Å². The first kappa shape index (κ1) is 21.1. The first-order valence-corrected chi connectivity index (χ1v) is 11.1. The van der Waals surface area contributed by atoms with E-state index in [1.54, 1.807) is 11.0 Å². The molecule has 9 nitrogen and oxygen atoms in total. The minimum Gasteiger partial charge on any atom is -0.378 e. The normalized spacial score (nSPS) is 26.2. The van der Waals surface area contributed by atoms with Gasteiger partial charge in [-0.3, -0.25) is 14.5 Å². The van der Waals surface area contributed by atoms with Crippen molar-refractivity contribution in [3.8, 4) is 0 Å². The van der Waals surface area contributed by atoms with Gasteiger partial charge < -0.3 is 19.4 Å². The van der Waals surface area contributed by atoms with Gasteiger partial charge in [-0.15, -0.1) is 5.06 Å². The van der Waals surface area contributed by atoms with Crippen LogP contribution in [0, 0.1) is 17.7 Å². The van der Waals surface area contributed by atoms with E-state index in [0.717, 1.165) is 31.9 Å². The summed E-state index contributed by atoms with van der Waals surface area (Å²) >= 11 is 0. The fraction of sp³-hybridized carbons (Fsp3) is 0.591. The minimum absolute atomic E-state index is 0.0797. The van der Waals surface area contributed by atoms with Crippen LogP contribution in [0.25, 0.3) is 0 Å². The smallest absolute Gasteiger partial charge is 0.378 e. The van der Waals surface area contributed by atoms with Crippen molar-refractivity contribution in [3.63, 3.8) is 0 Å². The molecule has 0 aliphatic carbocycles. The van der Waals surface area contributed by atoms with Crippen molar-refractivity contribution in [1.29, 1.82) is 0 Å². The van der Waals surface area contributed by atoms with Gasteiger partial charge in [-0.25, -0.2) is 9.18 Å². The molecule has 2 unspecified atom stereocenters. The monoisotopic (exact) mass is 446 g/mol. The van der Waals surface area contributed by atoms with Gasteiger partial charge in [0.05, 0.1) is 13.2 Å². The Bertz CT molecular complexity index is 892. The van der Waals surface area contributed by atoms with Crippen LogP contribution in [0.1, 0.15) is 18.4 Å². The standard InChI is InChI=1S/C22H27FN4O5/c23-19-9-18(25-5-7-31-8-6-25)2-1-15(19)10-24-11-16-13-26(14-17(16)12-24)22(30)32-27-20(28)3-4-21(27)29/h1-2,9,16-17H,3-8,10-14H2. The number of hydroxylamine groups is 2. The predicted octanol–water partition coefficient (Wildman–Crippen LogP) is 1.23. The highest BCUT2D eigenvalue weighted by Crippen LogP contribution is 2.33. The number of rotatable bonds is 4. The second kappa shape index (κ2) is 8.67. The topological polar surface area (TPSA) is 82.6 Å². The van der Waals surface area contributed by atoms with Crippen LogP contribution in [0.3, 0.4) is 0 Å². The van der Waals surface area contributed by atoms with Gasteiger partial charge in [-0.1, -0.05) is 6.07 Å². The fourth-order valence-corrected chi connectivity index (χ4v) is 5.09. The van der Waals surface area contributed by atoms with E-state index in [2.05, 4.69) is 9.80 Å². The van der Waals surface area contributed by atoms with Gasteiger partial charge in [0, 0.05) is 69.9 Å². The third-order valence-corrected chi connectivity index (χ3v) is 6.80. The van der Waals surface area contributed by atoms with Crippen molar-refractivity contribution in [2.75, 3.05) is 57.4 Å². The number of hydrogen-bond donors (Lipinski definition) is 0. The highest BCUT2D eigenvalue weighted by molar-refractivity contribution is 6.01. The van der Waals surface area contributed by atoms with Crippen LogP contribution < -0.4 is 4.90 Å². The predicted molar refractivity (Wildman–Crippen MR) is 111 cm³/mol. The third-order valence-electron chi connectivity index (χ3n) is 6.80. The number of hydrogen-bond acceptors (Lipinski definition) is 7. The third kappa shape index (κ3) is 4.16. The molecule has 2 atom stereocenters. The molecule has 4 saturated heterocycles. The number of likely N-dealkylation sites (tertiary alicyclic amines) is 2. The maximum absolute atomic E-state index is 14.8. The lowest BCUT2D eigenvalue weighted by atomic mass is 10.0. The van der Waals surface area contributed by atoms with E-state index in [1.165, 1.54) is 0 Å². The summed E-state index contributed by atoms with van der Waals surface area (Å²) in [6.45, 7) is 5.94. The van der Waals surface area contributed by atoms with Gasteiger partial charge >= 0.3 is 6.09 Å². The van der Waals surface area contributed by atoms with Crippen molar-refractivity contribution in [2.45, 2.75) is 19.4 Å². The number of benzene rings is 1. The molecular formula is C22H27FN4O5. The van der Waals surface area contributed by atoms with Crippen molar-refractivity contribution in [2.24, 2.45) is 11.8 Å². The SMILES string of the molecule is O=C(ON1C(=O)CCC1=O)N1CC2CN(Cc3ccc(N4CCOCC4)cc3F)CC2C1. The summed E-state index contributed by atoms with van der Waals surface area (Å²) in [6, 6.07) is 5.44. The van der Waals surface area contributed by atoms with E-state index in [0.29, 0.717) is 43.5 Å². The molecule has 4 aliphatic rings. The van der Waals surface area contributed by atoms with E-state index in [4.69, 9.17) is 9.57 Å². The highest BCUT2D eigenvalue weighted by atomic mass is 19.1. The van der Waals surface area contributed by atoms with Crippen molar-refractivity contribution in [3.05, 3.63) is 29.6 Å². The van der Waals surface area contributed by atoms with Crippen LogP contribution in [0.4, 0.5) is 14.9 Å². The number of carbonyl (C=O) groups excluding carboxylic acids is 3. The molecule has 3 amide bonds. The van der Waals surface area contributed by atoms with E-state index in [9.17, 15) is 18.8 Å². The Labute approximate surface area is 185 Å². The molecule has 1 aromatic rings. The first-order valence-electron chi connectivity index (χ1n) is 11.1. The summed E-state index contributed by atoms with van der Waals surface area (Å²) in [5.74, 6) is -0.617. The summed E-state index contributed by atoms with van der Waals surface area (Å²) in [4.78, 5) is 46.6. The zero-order valence-electron chi connectivity index (χ0n) is 17.9. The molecule has 0 aromatic heterocycles. The lowest BCUT2D eigenvalue weighted by Gasteiger charge is -2.29. The van der Waals surface area contributed by atoms with Crippen LogP contribution in [-0.4, -0.2) is 85.3 Å². The molecule has 5 rings (SSSR count). The number of imide groups is 1. The van der Waals surface area contributed by atoms with Crippen molar-refractivity contribution >= 4 is 23.6 Å². The summed E-state index contributed by atoms with van der Waals surface area (Å²) in [7, 11) is 0. The molecule has 4 aliphatic heterocycles. The molecule has 1 aromatic carbocycles. The first-order chi connectivity index (χ1) is 15.5. The lowest BCUT2D eigenvalue weighted by molar-refractivity contribution is -0.173. The van der Waals surface area contributed by atoms with Gasteiger partial charge in [0.2, 0.25) is 0 Å². The van der Waals surface area contributed by atoms with E-state index >= 15 is 0 Å². The zero-order valence-corrected chi connectivity index (χ0v) is 17.9. The quantitative estimate of drug-likeness (QED) is 0.644. The second-order valence-corrected chi connectivity index (χ2v) is 8.93. The summed E-state index contributed by atoms with van der Waals surface area (Å²) in [5, 5.41) is 0.589. The summed E-state index contributed by atoms with van der Waals surface area (Å²) in [6.07, 6.45) is -0.494. The largest absolute Gasteiger partial charge is 0.434 e. The fourth-order valence-electron chi connectivity index (χ4n) is 5.09. The number of fused-ring (bicyclic) bond motifs is 1. The molecule has 0 bridgehead atoms. The number of anilines is 1. The highest BCUT2D eigenvalue weighted by Gasteiger charge is 2.43. The molecule has 4 fully saturated rings. The average molecular weight is 446 g/mol. The number of halogens is 1. The summed E-state index contributed by atoms with van der Waals surface area (Å²) < 4.78 is 20.1. The zero-order chi connectivity index (χ0) is 22.2. The van der Waals surface area contributed by atoms with Gasteiger partial charge in [0.15, 0.2) is 0 Å². The summed E-state index contributed by atoms with van der Waals surface area (Å²) in [5.41, 5.74) is 1.56. The van der Waals surface area contributed by atoms with Crippen LogP contribution in [0.5, 0.6) is 0 Å². The van der Waals surface area contributed by atoms with Gasteiger partial charge in [0.25, 0.3) is 11.8 Å². The Kier molecular flexibility index (Phi) is 5.73. The molecule has 172 valence electrons. The second-order valence-electron chi connectivity index (χ2n) is 8.93. The van der Waals surface area contributed by atoms with Gasteiger partial charge in [-0.2, -0.15) is 0 Å². The minimum atomic E-state index is -0.653. The lowest BCUT2D eigenvalue weighted by Crippen LogP contribution is -2.40. The maximum atomic E-state index is 14.8. The van der Waals surface area contributed by atoms with E-state index in [1.807, 2.05) is 12.1 Å². The Morgan fingerprint density at radius 3 is 2.31 bits per heavy atom. The van der Waals surface area contributed by atoms with Gasteiger partial charge in [0.1, 0.15) is 5.82 Å². The number of carbonyl (C=O) groups is 3. The number of ether oxygens (including phenoxy) is 1. The molecule has 32 heavy (non-hydrogen) atoms.